The standard InChI is InChI=1S/C9H18ClNO3S/c1-3-8-5-11(15(12,13)7-10)6-9(4-2)14-8/h8-9H,3-7H2,1-2H3. The zero-order valence-electron chi connectivity index (χ0n) is 9.15. The number of rotatable bonds is 4. The van der Waals surface area contributed by atoms with Gasteiger partial charge in [0, 0.05) is 13.1 Å². The van der Waals surface area contributed by atoms with Crippen molar-refractivity contribution in [3.8, 4) is 0 Å². The van der Waals surface area contributed by atoms with E-state index in [1.165, 1.54) is 4.31 Å². The molecule has 0 aliphatic carbocycles. The number of hydrogen-bond donors (Lipinski definition) is 0. The molecule has 0 bridgehead atoms. The van der Waals surface area contributed by atoms with Gasteiger partial charge in [-0.3, -0.25) is 0 Å². The molecule has 90 valence electrons. The number of ether oxygens (including phenoxy) is 1. The second-order valence-electron chi connectivity index (χ2n) is 3.73. The van der Waals surface area contributed by atoms with Gasteiger partial charge in [-0.15, -0.1) is 11.6 Å². The number of nitrogens with zero attached hydrogens (tertiary/aromatic N) is 1. The Kier molecular flexibility index (Phi) is 4.83. The van der Waals surface area contributed by atoms with Crippen LogP contribution in [0, 0.1) is 0 Å². The van der Waals surface area contributed by atoms with E-state index in [1.807, 2.05) is 13.8 Å². The highest BCUT2D eigenvalue weighted by atomic mass is 35.5. The van der Waals surface area contributed by atoms with Gasteiger partial charge in [-0.25, -0.2) is 8.42 Å². The molecule has 1 rings (SSSR count). The Bertz CT molecular complexity index is 282. The monoisotopic (exact) mass is 255 g/mol. The summed E-state index contributed by atoms with van der Waals surface area (Å²) in [5.41, 5.74) is 0. The average molecular weight is 256 g/mol. The van der Waals surface area contributed by atoms with Gasteiger partial charge in [0.25, 0.3) is 0 Å². The molecular formula is C9H18ClNO3S. The summed E-state index contributed by atoms with van der Waals surface area (Å²) in [7, 11) is -3.29. The molecule has 0 aromatic carbocycles. The maximum atomic E-state index is 11.6. The second kappa shape index (κ2) is 5.48. The fourth-order valence-electron chi connectivity index (χ4n) is 1.63. The first-order chi connectivity index (χ1) is 7.03. The van der Waals surface area contributed by atoms with E-state index in [0.717, 1.165) is 12.8 Å². The van der Waals surface area contributed by atoms with Gasteiger partial charge in [0.05, 0.1) is 12.2 Å². The van der Waals surface area contributed by atoms with E-state index in [-0.39, 0.29) is 17.4 Å². The highest BCUT2D eigenvalue weighted by molar-refractivity contribution is 7.90. The van der Waals surface area contributed by atoms with Crippen molar-refractivity contribution < 1.29 is 13.2 Å². The van der Waals surface area contributed by atoms with Gasteiger partial charge in [-0.2, -0.15) is 4.31 Å². The van der Waals surface area contributed by atoms with E-state index in [9.17, 15) is 8.42 Å². The molecule has 2 unspecified atom stereocenters. The van der Waals surface area contributed by atoms with Crippen LogP contribution in [0.4, 0.5) is 0 Å². The van der Waals surface area contributed by atoms with Gasteiger partial charge in [0.2, 0.25) is 10.0 Å². The summed E-state index contributed by atoms with van der Waals surface area (Å²) in [6.07, 6.45) is 1.65. The molecule has 1 aliphatic rings. The maximum absolute atomic E-state index is 11.6. The average Bonchev–Trinajstić information content (AvgIpc) is 2.28. The van der Waals surface area contributed by atoms with Crippen molar-refractivity contribution in [3.63, 3.8) is 0 Å². The van der Waals surface area contributed by atoms with Crippen LogP contribution < -0.4 is 0 Å². The van der Waals surface area contributed by atoms with Crippen molar-refractivity contribution in [3.05, 3.63) is 0 Å². The molecule has 2 atom stereocenters. The topological polar surface area (TPSA) is 46.6 Å². The number of sulfonamides is 1. The van der Waals surface area contributed by atoms with E-state index in [4.69, 9.17) is 16.3 Å². The van der Waals surface area contributed by atoms with Gasteiger partial charge < -0.3 is 4.74 Å². The molecule has 0 aromatic heterocycles. The van der Waals surface area contributed by atoms with Crippen LogP contribution >= 0.6 is 11.6 Å². The Hall–Kier alpha value is 0.160. The fraction of sp³-hybridized carbons (Fsp3) is 1.00. The number of alkyl halides is 1. The van der Waals surface area contributed by atoms with Crippen LogP contribution in [-0.4, -0.2) is 43.2 Å². The van der Waals surface area contributed by atoms with Crippen LogP contribution in [0.1, 0.15) is 26.7 Å². The lowest BCUT2D eigenvalue weighted by atomic mass is 10.2. The van der Waals surface area contributed by atoms with Crippen LogP contribution in [0.15, 0.2) is 0 Å². The normalized spacial score (nSPS) is 29.3. The minimum atomic E-state index is -3.29. The Labute approximate surface area is 96.6 Å². The number of halogens is 1. The summed E-state index contributed by atoms with van der Waals surface area (Å²) in [6, 6.07) is 0. The van der Waals surface area contributed by atoms with E-state index in [1.54, 1.807) is 0 Å². The molecule has 15 heavy (non-hydrogen) atoms. The Morgan fingerprint density at radius 2 is 1.73 bits per heavy atom. The first-order valence-electron chi connectivity index (χ1n) is 5.22. The highest BCUT2D eigenvalue weighted by Gasteiger charge is 2.32. The van der Waals surface area contributed by atoms with Crippen LogP contribution in [0.3, 0.4) is 0 Å². The van der Waals surface area contributed by atoms with Gasteiger partial charge >= 0.3 is 0 Å². The van der Waals surface area contributed by atoms with Crippen LogP contribution in [0.25, 0.3) is 0 Å². The Morgan fingerprint density at radius 3 is 2.07 bits per heavy atom. The van der Waals surface area contributed by atoms with Crippen molar-refractivity contribution >= 4 is 21.6 Å². The first-order valence-corrected chi connectivity index (χ1v) is 7.37. The van der Waals surface area contributed by atoms with Gasteiger partial charge in [-0.05, 0) is 12.8 Å². The highest BCUT2D eigenvalue weighted by Crippen LogP contribution is 2.19. The first kappa shape index (κ1) is 13.2. The quantitative estimate of drug-likeness (QED) is 0.714. The Morgan fingerprint density at radius 1 is 1.27 bits per heavy atom. The molecular weight excluding hydrogens is 238 g/mol. The van der Waals surface area contributed by atoms with Gasteiger partial charge in [0.15, 0.2) is 0 Å². The molecule has 4 nitrogen and oxygen atoms in total. The number of hydrogen-bond acceptors (Lipinski definition) is 3. The molecule has 6 heteroatoms. The van der Waals surface area contributed by atoms with Crippen molar-refractivity contribution in [2.75, 3.05) is 18.3 Å². The molecule has 0 spiro atoms. The lowest BCUT2D eigenvalue weighted by Crippen LogP contribution is -2.49. The molecule has 0 amide bonds. The van der Waals surface area contributed by atoms with E-state index in [2.05, 4.69) is 0 Å². The summed E-state index contributed by atoms with van der Waals surface area (Å²) in [5, 5.41) is -0.347. The van der Waals surface area contributed by atoms with Crippen LogP contribution in [0.2, 0.25) is 0 Å². The molecule has 0 radical (unpaired) electrons. The molecule has 0 aromatic rings. The summed E-state index contributed by atoms with van der Waals surface area (Å²) in [6.45, 7) is 4.85. The van der Waals surface area contributed by atoms with E-state index < -0.39 is 10.0 Å². The smallest absolute Gasteiger partial charge is 0.228 e. The van der Waals surface area contributed by atoms with Crippen molar-refractivity contribution in [2.24, 2.45) is 0 Å². The summed E-state index contributed by atoms with van der Waals surface area (Å²) in [5.74, 6) is 0. The zero-order chi connectivity index (χ0) is 11.5. The minimum absolute atomic E-state index is 0.00157. The molecule has 1 aliphatic heterocycles. The molecule has 1 heterocycles. The van der Waals surface area contributed by atoms with E-state index >= 15 is 0 Å². The van der Waals surface area contributed by atoms with Gasteiger partial charge in [-0.1, -0.05) is 13.8 Å². The lowest BCUT2D eigenvalue weighted by Gasteiger charge is -2.36. The maximum Gasteiger partial charge on any atom is 0.228 e. The van der Waals surface area contributed by atoms with Crippen LogP contribution in [-0.2, 0) is 14.8 Å². The zero-order valence-corrected chi connectivity index (χ0v) is 10.7. The van der Waals surface area contributed by atoms with Crippen molar-refractivity contribution in [1.82, 2.24) is 4.31 Å². The largest absolute Gasteiger partial charge is 0.372 e. The predicted octanol–water partition coefficient (Wildman–Crippen LogP) is 1.40. The molecule has 1 saturated heterocycles. The predicted molar refractivity (Wildman–Crippen MR) is 60.5 cm³/mol. The summed E-state index contributed by atoms with van der Waals surface area (Å²) < 4.78 is 30.4. The number of morpholine rings is 1. The second-order valence-corrected chi connectivity index (χ2v) is 6.29. The van der Waals surface area contributed by atoms with Crippen LogP contribution in [0.5, 0.6) is 0 Å². The summed E-state index contributed by atoms with van der Waals surface area (Å²) in [4.78, 5) is 0. The molecule has 0 saturated carbocycles. The SMILES string of the molecule is CCC1CN(S(=O)(=O)CCl)CC(CC)O1. The van der Waals surface area contributed by atoms with Gasteiger partial charge in [0.1, 0.15) is 5.21 Å². The van der Waals surface area contributed by atoms with Crippen molar-refractivity contribution in [2.45, 2.75) is 38.9 Å². The molecule has 1 fully saturated rings. The third kappa shape index (κ3) is 3.31. The molecule has 0 N–H and O–H groups in total. The summed E-state index contributed by atoms with van der Waals surface area (Å²) >= 11 is 5.44. The minimum Gasteiger partial charge on any atom is -0.372 e. The van der Waals surface area contributed by atoms with E-state index in [0.29, 0.717) is 13.1 Å². The Balaban J connectivity index is 2.74. The lowest BCUT2D eigenvalue weighted by molar-refractivity contribution is -0.0648. The van der Waals surface area contributed by atoms with Crippen molar-refractivity contribution in [1.29, 1.82) is 0 Å². The third-order valence-electron chi connectivity index (χ3n) is 2.64. The third-order valence-corrected chi connectivity index (χ3v) is 4.83. The fourth-order valence-corrected chi connectivity index (χ4v) is 2.97.